The lowest BCUT2D eigenvalue weighted by atomic mass is 9.96. The number of hydrogen-bond acceptors (Lipinski definition) is 2. The van der Waals surface area contributed by atoms with Crippen LogP contribution < -0.4 is 11.1 Å². The zero-order chi connectivity index (χ0) is 14.3. The first-order valence-corrected chi connectivity index (χ1v) is 6.52. The van der Waals surface area contributed by atoms with Gasteiger partial charge in [-0.1, -0.05) is 19.4 Å². The van der Waals surface area contributed by atoms with Gasteiger partial charge in [0.05, 0.1) is 0 Å². The van der Waals surface area contributed by atoms with Crippen molar-refractivity contribution in [2.45, 2.75) is 32.6 Å². The summed E-state index contributed by atoms with van der Waals surface area (Å²) in [4.78, 5) is 11.7. The number of anilines is 1. The van der Waals surface area contributed by atoms with Gasteiger partial charge in [-0.3, -0.25) is 4.79 Å². The molecule has 0 aromatic heterocycles. The van der Waals surface area contributed by atoms with E-state index in [9.17, 15) is 13.6 Å². The van der Waals surface area contributed by atoms with Crippen LogP contribution in [0.5, 0.6) is 0 Å². The first-order valence-electron chi connectivity index (χ1n) is 6.52. The topological polar surface area (TPSA) is 55.1 Å². The summed E-state index contributed by atoms with van der Waals surface area (Å²) >= 11 is 0. The molecule has 0 heterocycles. The lowest BCUT2D eigenvalue weighted by Crippen LogP contribution is -2.16. The first-order chi connectivity index (χ1) is 9.08. The van der Waals surface area contributed by atoms with Crippen LogP contribution in [-0.2, 0) is 4.79 Å². The SMILES string of the molecule is CCC(CCN)CCC(=O)Nc1c(F)cccc1F. The quantitative estimate of drug-likeness (QED) is 0.800. The molecule has 1 rings (SSSR count). The molecular weight excluding hydrogens is 250 g/mol. The number of nitrogens with one attached hydrogen (secondary N) is 1. The number of para-hydroxylation sites is 1. The van der Waals surface area contributed by atoms with Crippen molar-refractivity contribution < 1.29 is 13.6 Å². The van der Waals surface area contributed by atoms with Gasteiger partial charge >= 0.3 is 0 Å². The third kappa shape index (κ3) is 4.95. The molecule has 0 saturated heterocycles. The highest BCUT2D eigenvalue weighted by molar-refractivity contribution is 5.90. The summed E-state index contributed by atoms with van der Waals surface area (Å²) in [6, 6.07) is 3.48. The van der Waals surface area contributed by atoms with Crippen molar-refractivity contribution in [3.63, 3.8) is 0 Å². The molecule has 0 bridgehead atoms. The zero-order valence-electron chi connectivity index (χ0n) is 11.1. The molecule has 106 valence electrons. The number of rotatable bonds is 7. The Kier molecular flexibility index (Phi) is 6.42. The Morgan fingerprint density at radius 1 is 1.32 bits per heavy atom. The van der Waals surface area contributed by atoms with Crippen molar-refractivity contribution in [1.29, 1.82) is 0 Å². The highest BCUT2D eigenvalue weighted by Crippen LogP contribution is 2.19. The third-order valence-electron chi connectivity index (χ3n) is 3.16. The first kappa shape index (κ1) is 15.6. The second-order valence-corrected chi connectivity index (χ2v) is 4.54. The maximum Gasteiger partial charge on any atom is 0.224 e. The van der Waals surface area contributed by atoms with Gasteiger partial charge in [-0.15, -0.1) is 0 Å². The van der Waals surface area contributed by atoms with Gasteiger partial charge in [-0.2, -0.15) is 0 Å². The van der Waals surface area contributed by atoms with Gasteiger partial charge in [0.2, 0.25) is 5.91 Å². The Morgan fingerprint density at radius 3 is 2.47 bits per heavy atom. The Labute approximate surface area is 112 Å². The minimum atomic E-state index is -0.762. The van der Waals surface area contributed by atoms with Crippen molar-refractivity contribution in [3.8, 4) is 0 Å². The van der Waals surface area contributed by atoms with Gasteiger partial charge in [0.25, 0.3) is 0 Å². The van der Waals surface area contributed by atoms with Crippen LogP contribution in [0, 0.1) is 17.6 Å². The summed E-state index contributed by atoms with van der Waals surface area (Å²) < 4.78 is 26.7. The monoisotopic (exact) mass is 270 g/mol. The number of benzene rings is 1. The van der Waals surface area contributed by atoms with Gasteiger partial charge in [-0.05, 0) is 37.4 Å². The number of halogens is 2. The molecule has 0 aliphatic heterocycles. The Hall–Kier alpha value is -1.49. The van der Waals surface area contributed by atoms with Crippen molar-refractivity contribution in [1.82, 2.24) is 0 Å². The largest absolute Gasteiger partial charge is 0.330 e. The predicted molar refractivity (Wildman–Crippen MR) is 71.7 cm³/mol. The molecule has 1 atom stereocenters. The van der Waals surface area contributed by atoms with Crippen LogP contribution in [0.3, 0.4) is 0 Å². The van der Waals surface area contributed by atoms with Crippen LogP contribution in [0.4, 0.5) is 14.5 Å². The van der Waals surface area contributed by atoms with E-state index in [1.807, 2.05) is 6.92 Å². The van der Waals surface area contributed by atoms with Crippen LogP contribution in [0.2, 0.25) is 0 Å². The molecule has 19 heavy (non-hydrogen) atoms. The molecule has 0 aliphatic carbocycles. The average Bonchev–Trinajstić information content (AvgIpc) is 2.39. The minimum Gasteiger partial charge on any atom is -0.330 e. The second-order valence-electron chi connectivity index (χ2n) is 4.54. The van der Waals surface area contributed by atoms with Gasteiger partial charge in [0.1, 0.15) is 17.3 Å². The smallest absolute Gasteiger partial charge is 0.224 e. The molecular formula is C14H20F2N2O. The van der Waals surface area contributed by atoms with E-state index < -0.39 is 11.6 Å². The Bertz CT molecular complexity index is 404. The number of carbonyl (C=O) groups excluding carboxylic acids is 1. The van der Waals surface area contributed by atoms with Crippen molar-refractivity contribution in [2.75, 3.05) is 11.9 Å². The predicted octanol–water partition coefficient (Wildman–Crippen LogP) is 3.06. The van der Waals surface area contributed by atoms with E-state index in [1.165, 1.54) is 6.07 Å². The fourth-order valence-corrected chi connectivity index (χ4v) is 1.94. The molecule has 0 fully saturated rings. The molecule has 0 spiro atoms. The molecule has 1 amide bonds. The highest BCUT2D eigenvalue weighted by Gasteiger charge is 2.13. The molecule has 0 saturated carbocycles. The number of amides is 1. The summed E-state index contributed by atoms with van der Waals surface area (Å²) in [5.41, 5.74) is 5.10. The van der Waals surface area contributed by atoms with Crippen LogP contribution in [-0.4, -0.2) is 12.5 Å². The van der Waals surface area contributed by atoms with Gasteiger partial charge < -0.3 is 11.1 Å². The molecule has 3 nitrogen and oxygen atoms in total. The van der Waals surface area contributed by atoms with Crippen molar-refractivity contribution in [3.05, 3.63) is 29.8 Å². The number of nitrogens with two attached hydrogens (primary N) is 1. The van der Waals surface area contributed by atoms with Gasteiger partial charge in [-0.25, -0.2) is 8.78 Å². The molecule has 0 radical (unpaired) electrons. The van der Waals surface area contributed by atoms with Crippen LogP contribution >= 0.6 is 0 Å². The summed E-state index contributed by atoms with van der Waals surface area (Å²) in [6.45, 7) is 2.62. The van der Waals surface area contributed by atoms with E-state index in [0.29, 0.717) is 18.9 Å². The van der Waals surface area contributed by atoms with E-state index >= 15 is 0 Å². The average molecular weight is 270 g/mol. The highest BCUT2D eigenvalue weighted by atomic mass is 19.1. The van der Waals surface area contributed by atoms with Crippen LogP contribution in [0.15, 0.2) is 18.2 Å². The number of hydrogen-bond donors (Lipinski definition) is 2. The Balaban J connectivity index is 2.51. The maximum absolute atomic E-state index is 13.3. The fourth-order valence-electron chi connectivity index (χ4n) is 1.94. The Morgan fingerprint density at radius 2 is 1.95 bits per heavy atom. The van der Waals surface area contributed by atoms with Crippen molar-refractivity contribution in [2.24, 2.45) is 11.7 Å². The molecule has 0 aliphatic rings. The molecule has 5 heteroatoms. The lowest BCUT2D eigenvalue weighted by Gasteiger charge is -2.13. The van der Waals surface area contributed by atoms with E-state index in [-0.39, 0.29) is 18.0 Å². The lowest BCUT2D eigenvalue weighted by molar-refractivity contribution is -0.116. The van der Waals surface area contributed by atoms with Gasteiger partial charge in [0.15, 0.2) is 0 Å². The normalized spacial score (nSPS) is 12.2. The second kappa shape index (κ2) is 7.84. The maximum atomic E-state index is 13.3. The van der Waals surface area contributed by atoms with E-state index in [1.54, 1.807) is 0 Å². The molecule has 1 unspecified atom stereocenters. The standard InChI is InChI=1S/C14H20F2N2O/c1-2-10(8-9-17)6-7-13(19)18-14-11(15)4-3-5-12(14)16/h3-5,10H,2,6-9,17H2,1H3,(H,18,19). The molecule has 1 aromatic rings. The fraction of sp³-hybridized carbons (Fsp3) is 0.500. The van der Waals surface area contributed by atoms with Crippen LogP contribution in [0.25, 0.3) is 0 Å². The zero-order valence-corrected chi connectivity index (χ0v) is 11.1. The summed E-state index contributed by atoms with van der Waals surface area (Å²) in [7, 11) is 0. The molecule has 1 aromatic carbocycles. The van der Waals surface area contributed by atoms with Gasteiger partial charge in [0, 0.05) is 6.42 Å². The van der Waals surface area contributed by atoms with E-state index in [2.05, 4.69) is 5.32 Å². The summed E-state index contributed by atoms with van der Waals surface area (Å²) in [6.07, 6.45) is 2.72. The third-order valence-corrected chi connectivity index (χ3v) is 3.16. The van der Waals surface area contributed by atoms with Crippen LogP contribution in [0.1, 0.15) is 32.6 Å². The summed E-state index contributed by atoms with van der Waals surface area (Å²) in [5.74, 6) is -1.52. The molecule has 3 N–H and O–H groups in total. The van der Waals surface area contributed by atoms with E-state index in [4.69, 9.17) is 5.73 Å². The van der Waals surface area contributed by atoms with E-state index in [0.717, 1.165) is 25.0 Å². The minimum absolute atomic E-state index is 0.242. The summed E-state index contributed by atoms with van der Waals surface area (Å²) in [5, 5.41) is 2.28. The van der Waals surface area contributed by atoms with Crippen molar-refractivity contribution >= 4 is 11.6 Å². The number of carbonyl (C=O) groups is 1.